The molecule has 1 aliphatic rings. The zero-order valence-electron chi connectivity index (χ0n) is 20.9. The van der Waals surface area contributed by atoms with Crippen LogP contribution in [0.1, 0.15) is 29.4 Å². The summed E-state index contributed by atoms with van der Waals surface area (Å²) in [5.41, 5.74) is 4.08. The number of nitrogens with one attached hydrogen (secondary N) is 1. The Bertz CT molecular complexity index is 1220. The van der Waals surface area contributed by atoms with E-state index in [-0.39, 0.29) is 31.6 Å². The Morgan fingerprint density at radius 3 is 2.64 bits per heavy atom. The van der Waals surface area contributed by atoms with Crippen LogP contribution in [0.2, 0.25) is 0 Å². The van der Waals surface area contributed by atoms with Crippen LogP contribution in [0.15, 0.2) is 48.5 Å². The Morgan fingerprint density at radius 2 is 1.92 bits per heavy atom. The lowest BCUT2D eigenvalue weighted by Crippen LogP contribution is -2.49. The second kappa shape index (κ2) is 11.3. The predicted octanol–water partition coefficient (Wildman–Crippen LogP) is 2.41. The zero-order valence-corrected chi connectivity index (χ0v) is 20.9. The van der Waals surface area contributed by atoms with Crippen LogP contribution >= 0.6 is 0 Å². The van der Waals surface area contributed by atoms with Gasteiger partial charge in [0.05, 0.1) is 25.3 Å². The van der Waals surface area contributed by atoms with Crippen molar-refractivity contribution in [2.45, 2.75) is 45.7 Å². The Balaban J connectivity index is 1.55. The van der Waals surface area contributed by atoms with Gasteiger partial charge in [-0.1, -0.05) is 37.3 Å². The topological polar surface area (TPSA) is 106 Å². The number of carbonyl (C=O) groups is 2. The van der Waals surface area contributed by atoms with Gasteiger partial charge in [-0.05, 0) is 31.0 Å². The summed E-state index contributed by atoms with van der Waals surface area (Å²) in [6.45, 7) is 4.35. The van der Waals surface area contributed by atoms with Gasteiger partial charge in [0, 0.05) is 36.5 Å². The van der Waals surface area contributed by atoms with Gasteiger partial charge in [0.15, 0.2) is 11.5 Å². The normalized spacial score (nSPS) is 12.9. The van der Waals surface area contributed by atoms with Gasteiger partial charge in [-0.3, -0.25) is 14.3 Å². The smallest absolute Gasteiger partial charge is 0.249 e. The molecule has 2 N–H and O–H groups in total. The largest absolute Gasteiger partial charge is 0.454 e. The molecule has 1 aromatic heterocycles. The molecule has 0 aliphatic carbocycles. The molecule has 2 aromatic carbocycles. The van der Waals surface area contributed by atoms with Gasteiger partial charge in [0.1, 0.15) is 6.04 Å². The first-order chi connectivity index (χ1) is 17.4. The Kier molecular flexibility index (Phi) is 7.90. The number of anilines is 1. The number of ether oxygens (including phenoxy) is 2. The number of carbonyl (C=O) groups excluding carboxylic acids is 2. The minimum atomic E-state index is -0.770. The number of aliphatic hydroxyl groups excluding tert-OH is 1. The molecule has 1 atom stereocenters. The van der Waals surface area contributed by atoms with Crippen LogP contribution in [0, 0.1) is 6.92 Å². The van der Waals surface area contributed by atoms with Crippen molar-refractivity contribution in [2.75, 3.05) is 25.3 Å². The number of benzene rings is 2. The first-order valence-electron chi connectivity index (χ1n) is 12.1. The van der Waals surface area contributed by atoms with Crippen molar-refractivity contribution in [1.82, 2.24) is 15.1 Å². The van der Waals surface area contributed by atoms with E-state index in [1.165, 1.54) is 4.90 Å². The van der Waals surface area contributed by atoms with Crippen molar-refractivity contribution in [3.63, 3.8) is 0 Å². The summed E-state index contributed by atoms with van der Waals surface area (Å²) in [5.74, 6) is 0.718. The van der Waals surface area contributed by atoms with E-state index < -0.39 is 6.04 Å². The standard InChI is InChI=1S/C27H32N4O5/c1-4-23-21(18(2)29-31(23)12-13-32)16-26(33)28-22(14-19-8-6-5-7-9-19)27(34)30(3)20-10-11-24-25(15-20)36-17-35-24/h5-11,15,22,32H,4,12-14,16-17H2,1-3H3,(H,28,33)/t22-/m0/s1. The fraction of sp³-hybridized carbons (Fsp3) is 0.370. The Morgan fingerprint density at radius 1 is 1.17 bits per heavy atom. The highest BCUT2D eigenvalue weighted by atomic mass is 16.7. The average molecular weight is 493 g/mol. The van der Waals surface area contributed by atoms with E-state index in [0.717, 1.165) is 22.5 Å². The van der Waals surface area contributed by atoms with Crippen LogP contribution in [-0.2, 0) is 35.4 Å². The fourth-order valence-electron chi connectivity index (χ4n) is 4.48. The summed E-state index contributed by atoms with van der Waals surface area (Å²) in [6, 6.07) is 14.2. The summed E-state index contributed by atoms with van der Waals surface area (Å²) >= 11 is 0. The van der Waals surface area contributed by atoms with Gasteiger partial charge in [-0.25, -0.2) is 0 Å². The third kappa shape index (κ3) is 5.52. The number of hydrogen-bond donors (Lipinski definition) is 2. The lowest BCUT2D eigenvalue weighted by molar-refractivity contribution is -0.127. The number of hydrogen-bond acceptors (Lipinski definition) is 6. The van der Waals surface area contributed by atoms with Crippen LogP contribution in [-0.4, -0.2) is 53.2 Å². The number of aromatic nitrogens is 2. The van der Waals surface area contributed by atoms with Crippen LogP contribution in [0.4, 0.5) is 5.69 Å². The third-order valence-corrected chi connectivity index (χ3v) is 6.34. The quantitative estimate of drug-likeness (QED) is 0.450. The summed E-state index contributed by atoms with van der Waals surface area (Å²) < 4.78 is 12.6. The fourth-order valence-corrected chi connectivity index (χ4v) is 4.48. The van der Waals surface area contributed by atoms with Gasteiger partial charge in [0.25, 0.3) is 0 Å². The molecule has 9 heteroatoms. The molecule has 0 spiro atoms. The van der Waals surface area contributed by atoms with E-state index in [1.807, 2.05) is 44.2 Å². The molecule has 2 heterocycles. The zero-order chi connectivity index (χ0) is 25.7. The molecule has 1 aliphatic heterocycles. The Hall–Kier alpha value is -3.85. The second-order valence-electron chi connectivity index (χ2n) is 8.73. The molecule has 36 heavy (non-hydrogen) atoms. The van der Waals surface area contributed by atoms with Gasteiger partial charge in [-0.2, -0.15) is 5.10 Å². The minimum absolute atomic E-state index is 0.0282. The molecule has 0 saturated carbocycles. The second-order valence-corrected chi connectivity index (χ2v) is 8.73. The van der Waals surface area contributed by atoms with Crippen LogP contribution in [0.3, 0.4) is 0 Å². The predicted molar refractivity (Wildman–Crippen MR) is 135 cm³/mol. The van der Waals surface area contributed by atoms with Crippen LogP contribution in [0.5, 0.6) is 11.5 Å². The van der Waals surface area contributed by atoms with Gasteiger partial charge in [0.2, 0.25) is 18.6 Å². The van der Waals surface area contributed by atoms with Crippen molar-refractivity contribution in [1.29, 1.82) is 0 Å². The maximum atomic E-state index is 13.6. The van der Waals surface area contributed by atoms with E-state index in [0.29, 0.717) is 36.6 Å². The summed E-state index contributed by atoms with van der Waals surface area (Å²) in [4.78, 5) is 28.3. The lowest BCUT2D eigenvalue weighted by Gasteiger charge is -2.25. The summed E-state index contributed by atoms with van der Waals surface area (Å²) in [5, 5.41) is 16.8. The highest BCUT2D eigenvalue weighted by molar-refractivity contribution is 5.99. The summed E-state index contributed by atoms with van der Waals surface area (Å²) in [6.07, 6.45) is 1.14. The number of aryl methyl sites for hydroxylation is 1. The lowest BCUT2D eigenvalue weighted by atomic mass is 10.0. The van der Waals surface area contributed by atoms with Crippen LogP contribution in [0.25, 0.3) is 0 Å². The SMILES string of the molecule is CCc1c(CC(=O)N[C@@H](Cc2ccccc2)C(=O)N(C)c2ccc3c(c2)OCO3)c(C)nn1CCO. The van der Waals surface area contributed by atoms with Crippen molar-refractivity contribution in [2.24, 2.45) is 0 Å². The van der Waals surface area contributed by atoms with Gasteiger partial charge in [-0.15, -0.1) is 0 Å². The van der Waals surface area contributed by atoms with Crippen molar-refractivity contribution >= 4 is 17.5 Å². The molecule has 190 valence electrons. The molecule has 9 nitrogen and oxygen atoms in total. The van der Waals surface area contributed by atoms with Crippen molar-refractivity contribution in [3.05, 3.63) is 71.0 Å². The number of nitrogens with zero attached hydrogens (tertiary/aromatic N) is 3. The molecule has 3 aromatic rings. The van der Waals surface area contributed by atoms with Crippen LogP contribution < -0.4 is 19.7 Å². The monoisotopic (exact) mass is 492 g/mol. The molecule has 2 amide bonds. The maximum absolute atomic E-state index is 13.6. The van der Waals surface area contributed by atoms with Crippen molar-refractivity contribution < 1.29 is 24.2 Å². The van der Waals surface area contributed by atoms with Gasteiger partial charge < -0.3 is 24.8 Å². The molecule has 0 unspecified atom stereocenters. The number of rotatable bonds is 10. The van der Waals surface area contributed by atoms with E-state index >= 15 is 0 Å². The van der Waals surface area contributed by atoms with E-state index in [1.54, 1.807) is 29.9 Å². The number of aliphatic hydroxyl groups is 1. The molecule has 0 bridgehead atoms. The summed E-state index contributed by atoms with van der Waals surface area (Å²) in [7, 11) is 1.68. The molecule has 0 saturated heterocycles. The maximum Gasteiger partial charge on any atom is 0.249 e. The van der Waals surface area contributed by atoms with E-state index in [9.17, 15) is 14.7 Å². The average Bonchev–Trinajstić information content (AvgIpc) is 3.47. The molecule has 4 rings (SSSR count). The van der Waals surface area contributed by atoms with Gasteiger partial charge >= 0.3 is 0 Å². The van der Waals surface area contributed by atoms with E-state index in [2.05, 4.69) is 10.4 Å². The Labute approximate surface area is 210 Å². The highest BCUT2D eigenvalue weighted by Crippen LogP contribution is 2.35. The first-order valence-corrected chi connectivity index (χ1v) is 12.1. The number of fused-ring (bicyclic) bond motifs is 1. The molecule has 0 radical (unpaired) electrons. The van der Waals surface area contributed by atoms with E-state index in [4.69, 9.17) is 9.47 Å². The first kappa shape index (κ1) is 25.2. The molecular formula is C27H32N4O5. The van der Waals surface area contributed by atoms with Crippen molar-refractivity contribution in [3.8, 4) is 11.5 Å². The third-order valence-electron chi connectivity index (χ3n) is 6.34. The highest BCUT2D eigenvalue weighted by Gasteiger charge is 2.27. The molecular weight excluding hydrogens is 460 g/mol. The number of likely N-dealkylation sites (N-methyl/N-ethyl adjacent to an activating group) is 1. The minimum Gasteiger partial charge on any atom is -0.454 e. The number of amides is 2. The molecule has 0 fully saturated rings.